The number of rotatable bonds is 4. The summed E-state index contributed by atoms with van der Waals surface area (Å²) in [5.41, 5.74) is 8.06. The summed E-state index contributed by atoms with van der Waals surface area (Å²) in [5, 5.41) is 2.75. The van der Waals surface area contributed by atoms with Gasteiger partial charge in [-0.25, -0.2) is 4.79 Å². The fraction of sp³-hybridized carbons (Fsp3) is 0.125. The lowest BCUT2D eigenvalue weighted by atomic mass is 10.1. The van der Waals surface area contributed by atoms with Gasteiger partial charge in [-0.2, -0.15) is 0 Å². The average molecular weight is 284 g/mol. The first-order valence-corrected chi connectivity index (χ1v) is 6.41. The molecule has 2 aromatic rings. The van der Waals surface area contributed by atoms with Crippen LogP contribution in [0.5, 0.6) is 0 Å². The average Bonchev–Trinajstić information content (AvgIpc) is 2.49. The van der Waals surface area contributed by atoms with E-state index in [1.54, 1.807) is 48.5 Å². The Hall–Kier alpha value is -2.82. The number of nitrogens with one attached hydrogen (secondary N) is 1. The molecule has 0 aliphatic heterocycles. The van der Waals surface area contributed by atoms with Crippen LogP contribution in [0.2, 0.25) is 0 Å². The Labute approximate surface area is 122 Å². The quantitative estimate of drug-likeness (QED) is 0.666. The van der Waals surface area contributed by atoms with Crippen molar-refractivity contribution < 1.29 is 14.3 Å². The van der Waals surface area contributed by atoms with Gasteiger partial charge in [0.25, 0.3) is 0 Å². The second-order valence-electron chi connectivity index (χ2n) is 4.54. The summed E-state index contributed by atoms with van der Waals surface area (Å²) in [5.74, 6) is -0.605. The predicted molar refractivity (Wildman–Crippen MR) is 81.0 cm³/mol. The number of ether oxygens (including phenoxy) is 1. The van der Waals surface area contributed by atoms with Crippen LogP contribution in [-0.2, 0) is 16.0 Å². The molecule has 0 bridgehead atoms. The molecule has 108 valence electrons. The molecule has 0 saturated carbocycles. The number of carbonyl (C=O) groups excluding carboxylic acids is 2. The molecule has 2 aromatic carbocycles. The highest BCUT2D eigenvalue weighted by molar-refractivity contribution is 5.95. The maximum absolute atomic E-state index is 12.0. The third-order valence-electron chi connectivity index (χ3n) is 2.91. The zero-order chi connectivity index (χ0) is 15.2. The van der Waals surface area contributed by atoms with Gasteiger partial charge >= 0.3 is 5.97 Å². The zero-order valence-electron chi connectivity index (χ0n) is 11.6. The molecular formula is C16H16N2O3. The Kier molecular flexibility index (Phi) is 4.56. The number of anilines is 2. The van der Waals surface area contributed by atoms with Gasteiger partial charge in [-0.15, -0.1) is 0 Å². The number of carbonyl (C=O) groups is 2. The van der Waals surface area contributed by atoms with Crippen molar-refractivity contribution in [3.8, 4) is 0 Å². The van der Waals surface area contributed by atoms with Crippen LogP contribution < -0.4 is 11.1 Å². The van der Waals surface area contributed by atoms with Crippen molar-refractivity contribution in [3.05, 3.63) is 59.7 Å². The van der Waals surface area contributed by atoms with E-state index in [0.717, 1.165) is 5.56 Å². The molecule has 0 aromatic heterocycles. The highest BCUT2D eigenvalue weighted by Gasteiger charge is 2.08. The molecular weight excluding hydrogens is 268 g/mol. The van der Waals surface area contributed by atoms with Crippen molar-refractivity contribution in [1.82, 2.24) is 0 Å². The summed E-state index contributed by atoms with van der Waals surface area (Å²) in [6.07, 6.45) is 0.239. The van der Waals surface area contributed by atoms with Crippen LogP contribution in [-0.4, -0.2) is 19.0 Å². The number of esters is 1. The molecule has 5 heteroatoms. The van der Waals surface area contributed by atoms with Crippen molar-refractivity contribution in [1.29, 1.82) is 0 Å². The molecule has 2 rings (SSSR count). The topological polar surface area (TPSA) is 81.4 Å². The Morgan fingerprint density at radius 1 is 1.14 bits per heavy atom. The van der Waals surface area contributed by atoms with Gasteiger partial charge in [0.15, 0.2) is 0 Å². The van der Waals surface area contributed by atoms with E-state index in [2.05, 4.69) is 10.1 Å². The number of benzene rings is 2. The largest absolute Gasteiger partial charge is 0.465 e. The second-order valence-corrected chi connectivity index (χ2v) is 4.54. The zero-order valence-corrected chi connectivity index (χ0v) is 11.6. The van der Waals surface area contributed by atoms with Crippen molar-refractivity contribution in [2.75, 3.05) is 18.2 Å². The van der Waals surface area contributed by atoms with E-state index >= 15 is 0 Å². The third-order valence-corrected chi connectivity index (χ3v) is 2.91. The maximum Gasteiger partial charge on any atom is 0.337 e. The van der Waals surface area contributed by atoms with Crippen LogP contribution >= 0.6 is 0 Å². The molecule has 21 heavy (non-hydrogen) atoms. The first-order valence-electron chi connectivity index (χ1n) is 6.41. The maximum atomic E-state index is 12.0. The molecule has 0 spiro atoms. The van der Waals surface area contributed by atoms with Gasteiger partial charge in [-0.1, -0.05) is 18.2 Å². The van der Waals surface area contributed by atoms with E-state index in [4.69, 9.17) is 5.73 Å². The van der Waals surface area contributed by atoms with Gasteiger partial charge in [-0.05, 0) is 35.9 Å². The second kappa shape index (κ2) is 6.56. The highest BCUT2D eigenvalue weighted by Crippen LogP contribution is 2.13. The van der Waals surface area contributed by atoms with Crippen molar-refractivity contribution in [3.63, 3.8) is 0 Å². The Bertz CT molecular complexity index is 651. The monoisotopic (exact) mass is 284 g/mol. The number of amides is 1. The summed E-state index contributed by atoms with van der Waals surface area (Å²) in [4.78, 5) is 23.4. The van der Waals surface area contributed by atoms with Crippen LogP contribution in [0, 0.1) is 0 Å². The lowest BCUT2D eigenvalue weighted by Crippen LogP contribution is -2.14. The number of nitrogen functional groups attached to an aromatic ring is 1. The molecule has 1 amide bonds. The van der Waals surface area contributed by atoms with E-state index in [9.17, 15) is 9.59 Å². The molecule has 0 unspecified atom stereocenters. The van der Waals surface area contributed by atoms with Crippen LogP contribution in [0.15, 0.2) is 48.5 Å². The molecule has 0 atom stereocenters. The smallest absolute Gasteiger partial charge is 0.337 e. The van der Waals surface area contributed by atoms with E-state index in [1.165, 1.54) is 7.11 Å². The van der Waals surface area contributed by atoms with Crippen LogP contribution in [0.4, 0.5) is 11.4 Å². The van der Waals surface area contributed by atoms with Gasteiger partial charge in [0.05, 0.1) is 19.1 Å². The lowest BCUT2D eigenvalue weighted by Gasteiger charge is -2.07. The van der Waals surface area contributed by atoms with E-state index < -0.39 is 5.97 Å². The SMILES string of the molecule is COC(=O)c1cccc(NC(=O)Cc2ccc(N)cc2)c1. The first kappa shape index (κ1) is 14.6. The van der Waals surface area contributed by atoms with E-state index in [-0.39, 0.29) is 12.3 Å². The highest BCUT2D eigenvalue weighted by atomic mass is 16.5. The molecule has 0 radical (unpaired) electrons. The van der Waals surface area contributed by atoms with Crippen LogP contribution in [0.1, 0.15) is 15.9 Å². The summed E-state index contributed by atoms with van der Waals surface area (Å²) in [7, 11) is 1.31. The summed E-state index contributed by atoms with van der Waals surface area (Å²) < 4.78 is 4.64. The van der Waals surface area contributed by atoms with E-state index in [1.807, 2.05) is 0 Å². The summed E-state index contributed by atoms with van der Waals surface area (Å²) in [6, 6.07) is 13.7. The van der Waals surface area contributed by atoms with Gasteiger partial charge in [0.1, 0.15) is 0 Å². The normalized spacial score (nSPS) is 9.95. The molecule has 0 aliphatic carbocycles. The molecule has 0 saturated heterocycles. The number of hydrogen-bond donors (Lipinski definition) is 2. The Morgan fingerprint density at radius 2 is 1.86 bits per heavy atom. The van der Waals surface area contributed by atoms with Gasteiger partial charge < -0.3 is 15.8 Å². The van der Waals surface area contributed by atoms with Crippen LogP contribution in [0.3, 0.4) is 0 Å². The van der Waals surface area contributed by atoms with Crippen LogP contribution in [0.25, 0.3) is 0 Å². The molecule has 0 fully saturated rings. The van der Waals surface area contributed by atoms with E-state index in [0.29, 0.717) is 16.9 Å². The molecule has 3 N–H and O–H groups in total. The van der Waals surface area contributed by atoms with Crippen molar-refractivity contribution >= 4 is 23.3 Å². The minimum Gasteiger partial charge on any atom is -0.465 e. The number of hydrogen-bond acceptors (Lipinski definition) is 4. The Balaban J connectivity index is 2.02. The summed E-state index contributed by atoms with van der Waals surface area (Å²) in [6.45, 7) is 0. The molecule has 5 nitrogen and oxygen atoms in total. The van der Waals surface area contributed by atoms with Gasteiger partial charge in [-0.3, -0.25) is 4.79 Å². The number of nitrogens with two attached hydrogens (primary N) is 1. The Morgan fingerprint density at radius 3 is 2.52 bits per heavy atom. The van der Waals surface area contributed by atoms with Crippen molar-refractivity contribution in [2.24, 2.45) is 0 Å². The lowest BCUT2D eigenvalue weighted by molar-refractivity contribution is -0.115. The molecule has 0 heterocycles. The predicted octanol–water partition coefficient (Wildman–Crippen LogP) is 2.24. The van der Waals surface area contributed by atoms with Gasteiger partial charge in [0.2, 0.25) is 5.91 Å². The minimum atomic E-state index is -0.440. The van der Waals surface area contributed by atoms with Gasteiger partial charge in [0, 0.05) is 11.4 Å². The summed E-state index contributed by atoms with van der Waals surface area (Å²) >= 11 is 0. The first-order chi connectivity index (χ1) is 10.1. The standard InChI is InChI=1S/C16H16N2O3/c1-21-16(20)12-3-2-4-14(10-12)18-15(19)9-11-5-7-13(17)8-6-11/h2-8,10H,9,17H2,1H3,(H,18,19). The van der Waals surface area contributed by atoms with Crippen molar-refractivity contribution in [2.45, 2.75) is 6.42 Å². The molecule has 0 aliphatic rings. The fourth-order valence-corrected chi connectivity index (χ4v) is 1.87. The fourth-order valence-electron chi connectivity index (χ4n) is 1.87. The minimum absolute atomic E-state index is 0.165. The number of methoxy groups -OCH3 is 1. The third kappa shape index (κ3) is 4.07.